The van der Waals surface area contributed by atoms with E-state index in [1.807, 2.05) is 6.92 Å². The van der Waals surface area contributed by atoms with Crippen molar-refractivity contribution in [1.82, 2.24) is 10.6 Å². The number of carbonyl (C=O) groups excluding carboxylic acids is 1. The van der Waals surface area contributed by atoms with E-state index < -0.39 is 0 Å². The molecule has 0 aromatic carbocycles. The second kappa shape index (κ2) is 7.31. The fourth-order valence-electron chi connectivity index (χ4n) is 1.88. The molecule has 3 unspecified atom stereocenters. The monoisotopic (exact) mass is 238 g/mol. The van der Waals surface area contributed by atoms with Crippen molar-refractivity contribution >= 4 is 5.91 Å². The maximum Gasteiger partial charge on any atom is 0.228 e. The Kier molecular flexibility index (Phi) is 6.03. The van der Waals surface area contributed by atoms with Crippen molar-refractivity contribution in [2.45, 2.75) is 38.8 Å². The van der Waals surface area contributed by atoms with Gasteiger partial charge in [-0.25, -0.2) is 0 Å². The van der Waals surface area contributed by atoms with Crippen LogP contribution in [-0.2, 0) is 9.53 Å². The summed E-state index contributed by atoms with van der Waals surface area (Å²) in [6.07, 6.45) is 7.13. The van der Waals surface area contributed by atoms with Gasteiger partial charge in [0.05, 0.1) is 25.2 Å². The lowest BCUT2D eigenvalue weighted by molar-refractivity contribution is -0.125. The highest BCUT2D eigenvalue weighted by Crippen LogP contribution is 2.14. The predicted molar refractivity (Wildman–Crippen MR) is 67.4 cm³/mol. The van der Waals surface area contributed by atoms with Crippen LogP contribution in [0, 0.1) is 18.3 Å². The Balaban J connectivity index is 2.47. The fourth-order valence-corrected chi connectivity index (χ4v) is 1.88. The second-order valence-corrected chi connectivity index (χ2v) is 4.34. The SMILES string of the molecule is C#CC(CC)NC(=O)C1COCC1NCCC. The minimum absolute atomic E-state index is 0.000836. The first-order valence-electron chi connectivity index (χ1n) is 6.30. The molecule has 1 aliphatic heterocycles. The van der Waals surface area contributed by atoms with Crippen molar-refractivity contribution in [3.63, 3.8) is 0 Å². The van der Waals surface area contributed by atoms with Gasteiger partial charge in [0, 0.05) is 6.04 Å². The van der Waals surface area contributed by atoms with Crippen LogP contribution in [0.25, 0.3) is 0 Å². The van der Waals surface area contributed by atoms with E-state index in [1.54, 1.807) is 0 Å². The highest BCUT2D eigenvalue weighted by molar-refractivity contribution is 5.80. The summed E-state index contributed by atoms with van der Waals surface area (Å²) < 4.78 is 5.36. The van der Waals surface area contributed by atoms with Crippen molar-refractivity contribution in [2.75, 3.05) is 19.8 Å². The van der Waals surface area contributed by atoms with Gasteiger partial charge in [-0.3, -0.25) is 4.79 Å². The van der Waals surface area contributed by atoms with Crippen LogP contribution >= 0.6 is 0 Å². The molecule has 1 aliphatic rings. The van der Waals surface area contributed by atoms with E-state index in [0.717, 1.165) is 19.4 Å². The molecule has 1 fully saturated rings. The van der Waals surface area contributed by atoms with Crippen LogP contribution in [-0.4, -0.2) is 37.7 Å². The molecule has 0 spiro atoms. The molecule has 0 saturated carbocycles. The smallest absolute Gasteiger partial charge is 0.228 e. The van der Waals surface area contributed by atoms with E-state index >= 15 is 0 Å². The fraction of sp³-hybridized carbons (Fsp3) is 0.769. The third-order valence-electron chi connectivity index (χ3n) is 3.00. The van der Waals surface area contributed by atoms with Crippen LogP contribution in [0.1, 0.15) is 26.7 Å². The van der Waals surface area contributed by atoms with Crippen molar-refractivity contribution in [3.8, 4) is 12.3 Å². The standard InChI is InChI=1S/C13H22N2O2/c1-4-7-14-12-9-17-8-11(12)13(16)15-10(5-2)6-3/h2,10-12,14H,4,6-9H2,1,3H3,(H,15,16). The second-order valence-electron chi connectivity index (χ2n) is 4.34. The van der Waals surface area contributed by atoms with E-state index in [9.17, 15) is 4.79 Å². The number of hydrogen-bond donors (Lipinski definition) is 2. The van der Waals surface area contributed by atoms with E-state index in [2.05, 4.69) is 23.5 Å². The number of terminal acetylenes is 1. The Morgan fingerprint density at radius 1 is 1.53 bits per heavy atom. The molecule has 4 heteroatoms. The zero-order valence-corrected chi connectivity index (χ0v) is 10.7. The lowest BCUT2D eigenvalue weighted by Crippen LogP contribution is -2.46. The minimum atomic E-state index is -0.171. The van der Waals surface area contributed by atoms with Gasteiger partial charge in [0.2, 0.25) is 5.91 Å². The summed E-state index contributed by atoms with van der Waals surface area (Å²) in [6.45, 7) is 6.05. The largest absolute Gasteiger partial charge is 0.379 e. The number of ether oxygens (including phenoxy) is 1. The molecule has 96 valence electrons. The van der Waals surface area contributed by atoms with Crippen LogP contribution in [0.4, 0.5) is 0 Å². The first kappa shape index (κ1) is 14.0. The molecule has 0 aliphatic carbocycles. The third-order valence-corrected chi connectivity index (χ3v) is 3.00. The highest BCUT2D eigenvalue weighted by Gasteiger charge is 2.33. The van der Waals surface area contributed by atoms with Gasteiger partial charge in [-0.05, 0) is 19.4 Å². The molecule has 4 nitrogen and oxygen atoms in total. The van der Waals surface area contributed by atoms with Gasteiger partial charge < -0.3 is 15.4 Å². The van der Waals surface area contributed by atoms with Crippen molar-refractivity contribution in [2.24, 2.45) is 5.92 Å². The molecule has 0 bridgehead atoms. The number of hydrogen-bond acceptors (Lipinski definition) is 3. The van der Waals surface area contributed by atoms with Gasteiger partial charge >= 0.3 is 0 Å². The molecule has 1 heterocycles. The molecule has 3 atom stereocenters. The van der Waals surface area contributed by atoms with Crippen LogP contribution in [0.2, 0.25) is 0 Å². The lowest BCUT2D eigenvalue weighted by atomic mass is 10.0. The molecule has 0 aromatic rings. The Morgan fingerprint density at radius 2 is 2.29 bits per heavy atom. The Labute approximate surface area is 103 Å². The predicted octanol–water partition coefficient (Wildman–Crippen LogP) is 0.529. The topological polar surface area (TPSA) is 50.4 Å². The van der Waals surface area contributed by atoms with E-state index in [1.165, 1.54) is 0 Å². The molecule has 2 N–H and O–H groups in total. The summed E-state index contributed by atoms with van der Waals surface area (Å²) in [7, 11) is 0. The van der Waals surface area contributed by atoms with Gasteiger partial charge in [-0.1, -0.05) is 19.8 Å². The van der Waals surface area contributed by atoms with E-state index in [4.69, 9.17) is 11.2 Å². The van der Waals surface area contributed by atoms with Crippen LogP contribution in [0.15, 0.2) is 0 Å². The first-order chi connectivity index (χ1) is 8.22. The zero-order chi connectivity index (χ0) is 12.7. The van der Waals surface area contributed by atoms with Gasteiger partial charge in [-0.15, -0.1) is 6.42 Å². The molecule has 0 radical (unpaired) electrons. The van der Waals surface area contributed by atoms with E-state index in [0.29, 0.717) is 13.2 Å². The summed E-state index contributed by atoms with van der Waals surface area (Å²) in [4.78, 5) is 12.0. The normalized spacial score (nSPS) is 25.2. The first-order valence-corrected chi connectivity index (χ1v) is 6.30. The minimum Gasteiger partial charge on any atom is -0.379 e. The molecular formula is C13H22N2O2. The molecule has 1 amide bonds. The lowest BCUT2D eigenvalue weighted by Gasteiger charge is -2.20. The molecular weight excluding hydrogens is 216 g/mol. The van der Waals surface area contributed by atoms with Crippen molar-refractivity contribution in [1.29, 1.82) is 0 Å². The Morgan fingerprint density at radius 3 is 2.88 bits per heavy atom. The van der Waals surface area contributed by atoms with Crippen molar-refractivity contribution in [3.05, 3.63) is 0 Å². The molecule has 0 aromatic heterocycles. The summed E-state index contributed by atoms with van der Waals surface area (Å²) in [5, 5.41) is 6.20. The number of carbonyl (C=O) groups is 1. The third kappa shape index (κ3) is 4.03. The van der Waals surface area contributed by atoms with Crippen LogP contribution in [0.5, 0.6) is 0 Å². The highest BCUT2D eigenvalue weighted by atomic mass is 16.5. The van der Waals surface area contributed by atoms with Gasteiger partial charge in [0.1, 0.15) is 0 Å². The summed E-state index contributed by atoms with van der Waals surface area (Å²) in [5.41, 5.74) is 0. The summed E-state index contributed by atoms with van der Waals surface area (Å²) >= 11 is 0. The Hall–Kier alpha value is -1.05. The number of amides is 1. The van der Waals surface area contributed by atoms with E-state index in [-0.39, 0.29) is 23.9 Å². The van der Waals surface area contributed by atoms with Crippen LogP contribution in [0.3, 0.4) is 0 Å². The number of nitrogens with one attached hydrogen (secondary N) is 2. The van der Waals surface area contributed by atoms with Gasteiger partial charge in [-0.2, -0.15) is 0 Å². The summed E-state index contributed by atoms with van der Waals surface area (Å²) in [5.74, 6) is 2.45. The number of rotatable bonds is 6. The molecule has 1 saturated heterocycles. The quantitative estimate of drug-likeness (QED) is 0.664. The molecule has 17 heavy (non-hydrogen) atoms. The summed E-state index contributed by atoms with van der Waals surface area (Å²) in [6, 6.07) is -0.0554. The maximum absolute atomic E-state index is 12.0. The average molecular weight is 238 g/mol. The zero-order valence-electron chi connectivity index (χ0n) is 10.7. The van der Waals surface area contributed by atoms with Crippen molar-refractivity contribution < 1.29 is 9.53 Å². The van der Waals surface area contributed by atoms with Gasteiger partial charge in [0.15, 0.2) is 0 Å². The van der Waals surface area contributed by atoms with Gasteiger partial charge in [0.25, 0.3) is 0 Å². The maximum atomic E-state index is 12.0. The average Bonchev–Trinajstić information content (AvgIpc) is 2.81. The van der Waals surface area contributed by atoms with Crippen LogP contribution < -0.4 is 10.6 Å². The Bertz CT molecular complexity index is 286. The molecule has 1 rings (SSSR count).